The second kappa shape index (κ2) is 7.51. The molecule has 1 aliphatic rings. The molecule has 0 radical (unpaired) electrons. The summed E-state index contributed by atoms with van der Waals surface area (Å²) in [6, 6.07) is 7.15. The van der Waals surface area contributed by atoms with Gasteiger partial charge in [-0.2, -0.15) is 0 Å². The van der Waals surface area contributed by atoms with E-state index in [1.807, 2.05) is 12.1 Å². The maximum Gasteiger partial charge on any atom is 0.147 e. The van der Waals surface area contributed by atoms with E-state index in [1.165, 1.54) is 25.3 Å². The standard InChI is InChI=1S/C19H21FN6/c20-16-10-15(4-5-17(16)26-9-6-21-14-26)12-22-18-11-19(24-13-23-18)25-7-2-1-3-8-25/h4-6,9-11,13-14H,1-3,7-8,12H2,(H,22,23,24). The van der Waals surface area contributed by atoms with E-state index >= 15 is 0 Å². The molecule has 0 unspecified atom stereocenters. The van der Waals surface area contributed by atoms with Gasteiger partial charge >= 0.3 is 0 Å². The Morgan fingerprint density at radius 3 is 2.73 bits per heavy atom. The molecule has 1 aromatic carbocycles. The molecule has 0 bridgehead atoms. The number of hydrogen-bond donors (Lipinski definition) is 1. The predicted molar refractivity (Wildman–Crippen MR) is 98.9 cm³/mol. The number of aromatic nitrogens is 4. The molecule has 4 rings (SSSR count). The molecule has 0 saturated carbocycles. The van der Waals surface area contributed by atoms with Gasteiger partial charge in [0, 0.05) is 38.1 Å². The lowest BCUT2D eigenvalue weighted by Gasteiger charge is -2.27. The van der Waals surface area contributed by atoms with Crippen LogP contribution in [0.1, 0.15) is 24.8 Å². The lowest BCUT2D eigenvalue weighted by Crippen LogP contribution is -2.30. The van der Waals surface area contributed by atoms with Crippen molar-refractivity contribution in [2.75, 3.05) is 23.3 Å². The molecule has 1 aliphatic heterocycles. The van der Waals surface area contributed by atoms with Gasteiger partial charge in [-0.1, -0.05) is 6.07 Å². The highest BCUT2D eigenvalue weighted by Gasteiger charge is 2.13. The Hall–Kier alpha value is -2.96. The monoisotopic (exact) mass is 352 g/mol. The van der Waals surface area contributed by atoms with E-state index in [0.717, 1.165) is 30.3 Å². The van der Waals surface area contributed by atoms with Crippen molar-refractivity contribution in [1.29, 1.82) is 0 Å². The molecule has 1 saturated heterocycles. The predicted octanol–water partition coefficient (Wildman–Crippen LogP) is 3.40. The minimum absolute atomic E-state index is 0.279. The van der Waals surface area contributed by atoms with Gasteiger partial charge < -0.3 is 14.8 Å². The molecule has 3 aromatic rings. The Morgan fingerprint density at radius 1 is 1.08 bits per heavy atom. The van der Waals surface area contributed by atoms with E-state index in [9.17, 15) is 4.39 Å². The molecule has 6 nitrogen and oxygen atoms in total. The lowest BCUT2D eigenvalue weighted by atomic mass is 10.1. The molecule has 0 amide bonds. The van der Waals surface area contributed by atoms with Crippen LogP contribution < -0.4 is 10.2 Å². The van der Waals surface area contributed by atoms with Gasteiger partial charge in [0.05, 0.1) is 12.0 Å². The van der Waals surface area contributed by atoms with Gasteiger partial charge in [0.15, 0.2) is 0 Å². The molecule has 0 aliphatic carbocycles. The Morgan fingerprint density at radius 2 is 1.96 bits per heavy atom. The molecule has 1 fully saturated rings. The van der Waals surface area contributed by atoms with Crippen LogP contribution >= 0.6 is 0 Å². The van der Waals surface area contributed by atoms with Crippen LogP contribution in [0.15, 0.2) is 49.3 Å². The SMILES string of the molecule is Fc1cc(CNc2cc(N3CCCCC3)ncn2)ccc1-n1ccnc1. The Kier molecular flexibility index (Phi) is 4.77. The van der Waals surface area contributed by atoms with Crippen molar-refractivity contribution in [3.8, 4) is 5.69 Å². The second-order valence-electron chi connectivity index (χ2n) is 6.42. The van der Waals surface area contributed by atoms with Crippen LogP contribution in [0, 0.1) is 5.82 Å². The summed E-state index contributed by atoms with van der Waals surface area (Å²) >= 11 is 0. The quantitative estimate of drug-likeness (QED) is 0.763. The zero-order valence-electron chi connectivity index (χ0n) is 14.5. The van der Waals surface area contributed by atoms with Crippen molar-refractivity contribution in [1.82, 2.24) is 19.5 Å². The van der Waals surface area contributed by atoms with Gasteiger partial charge in [0.1, 0.15) is 23.8 Å². The van der Waals surface area contributed by atoms with Crippen molar-refractivity contribution < 1.29 is 4.39 Å². The minimum atomic E-state index is -0.279. The third-order valence-electron chi connectivity index (χ3n) is 4.60. The van der Waals surface area contributed by atoms with Crippen LogP contribution in [0.5, 0.6) is 0 Å². The molecule has 26 heavy (non-hydrogen) atoms. The summed E-state index contributed by atoms with van der Waals surface area (Å²) in [7, 11) is 0. The highest BCUT2D eigenvalue weighted by atomic mass is 19.1. The smallest absolute Gasteiger partial charge is 0.147 e. The van der Waals surface area contributed by atoms with Crippen LogP contribution in [-0.4, -0.2) is 32.6 Å². The first-order valence-electron chi connectivity index (χ1n) is 8.87. The van der Waals surface area contributed by atoms with Crippen molar-refractivity contribution in [2.45, 2.75) is 25.8 Å². The zero-order chi connectivity index (χ0) is 17.8. The summed E-state index contributed by atoms with van der Waals surface area (Å²) in [5.41, 5.74) is 1.34. The third-order valence-corrected chi connectivity index (χ3v) is 4.60. The van der Waals surface area contributed by atoms with E-state index < -0.39 is 0 Å². The van der Waals surface area contributed by atoms with Gasteiger partial charge in [-0.15, -0.1) is 0 Å². The minimum Gasteiger partial charge on any atom is -0.366 e. The number of piperidine rings is 1. The number of rotatable bonds is 5. The molecule has 7 heteroatoms. The van der Waals surface area contributed by atoms with Gasteiger partial charge in [0.2, 0.25) is 0 Å². The normalized spacial score (nSPS) is 14.4. The fraction of sp³-hybridized carbons (Fsp3) is 0.316. The highest BCUT2D eigenvalue weighted by molar-refractivity contribution is 5.49. The van der Waals surface area contributed by atoms with Gasteiger partial charge in [-0.05, 0) is 37.0 Å². The molecule has 0 spiro atoms. The summed E-state index contributed by atoms with van der Waals surface area (Å²) in [5.74, 6) is 1.42. The summed E-state index contributed by atoms with van der Waals surface area (Å²) in [6.07, 6.45) is 10.2. The summed E-state index contributed by atoms with van der Waals surface area (Å²) < 4.78 is 16.0. The van der Waals surface area contributed by atoms with Crippen LogP contribution in [0.4, 0.5) is 16.0 Å². The van der Waals surface area contributed by atoms with Crippen LogP contribution in [0.3, 0.4) is 0 Å². The van der Waals surface area contributed by atoms with Gasteiger partial charge in [0.25, 0.3) is 0 Å². The van der Waals surface area contributed by atoms with E-state index in [4.69, 9.17) is 0 Å². The van der Waals surface area contributed by atoms with Gasteiger partial charge in [-0.3, -0.25) is 0 Å². The first kappa shape index (κ1) is 16.5. The third kappa shape index (κ3) is 3.66. The van der Waals surface area contributed by atoms with Crippen molar-refractivity contribution in [3.63, 3.8) is 0 Å². The van der Waals surface area contributed by atoms with Crippen LogP contribution in [0.2, 0.25) is 0 Å². The van der Waals surface area contributed by atoms with Crippen molar-refractivity contribution in [2.24, 2.45) is 0 Å². The molecule has 134 valence electrons. The maximum absolute atomic E-state index is 14.3. The zero-order valence-corrected chi connectivity index (χ0v) is 14.5. The summed E-state index contributed by atoms with van der Waals surface area (Å²) in [6.45, 7) is 2.58. The highest BCUT2D eigenvalue weighted by Crippen LogP contribution is 2.20. The number of nitrogens with zero attached hydrogens (tertiary/aromatic N) is 5. The Bertz CT molecular complexity index is 858. The molecular formula is C19H21FN6. The van der Waals surface area contributed by atoms with E-state index in [0.29, 0.717) is 12.2 Å². The number of benzene rings is 1. The number of anilines is 2. The van der Waals surface area contributed by atoms with Crippen LogP contribution in [0.25, 0.3) is 5.69 Å². The average Bonchev–Trinajstić information content (AvgIpc) is 3.22. The molecule has 3 heterocycles. The molecule has 1 N–H and O–H groups in total. The Labute approximate surface area is 151 Å². The molecule has 0 atom stereocenters. The topological polar surface area (TPSA) is 58.9 Å². The van der Waals surface area contributed by atoms with Gasteiger partial charge in [-0.25, -0.2) is 19.3 Å². The molecule has 2 aromatic heterocycles. The first-order valence-corrected chi connectivity index (χ1v) is 8.87. The van der Waals surface area contributed by atoms with E-state index in [2.05, 4.69) is 25.2 Å². The number of hydrogen-bond acceptors (Lipinski definition) is 5. The van der Waals surface area contributed by atoms with Crippen molar-refractivity contribution >= 4 is 11.6 Å². The molecular weight excluding hydrogens is 331 g/mol. The summed E-state index contributed by atoms with van der Waals surface area (Å²) in [5, 5.41) is 3.26. The van der Waals surface area contributed by atoms with Crippen LogP contribution in [-0.2, 0) is 6.54 Å². The maximum atomic E-state index is 14.3. The van der Waals surface area contributed by atoms with E-state index in [1.54, 1.807) is 35.7 Å². The number of halogens is 1. The second-order valence-corrected chi connectivity index (χ2v) is 6.42. The Balaban J connectivity index is 1.43. The fourth-order valence-electron chi connectivity index (χ4n) is 3.20. The van der Waals surface area contributed by atoms with Crippen molar-refractivity contribution in [3.05, 3.63) is 60.7 Å². The fourth-order valence-corrected chi connectivity index (χ4v) is 3.20. The first-order chi connectivity index (χ1) is 12.8. The lowest BCUT2D eigenvalue weighted by molar-refractivity contribution is 0.573. The average molecular weight is 352 g/mol. The van der Waals surface area contributed by atoms with E-state index in [-0.39, 0.29) is 5.82 Å². The summed E-state index contributed by atoms with van der Waals surface area (Å²) in [4.78, 5) is 14.9. The number of imidazole rings is 1. The largest absolute Gasteiger partial charge is 0.366 e. The number of nitrogens with one attached hydrogen (secondary N) is 1.